The average molecular weight is 224 g/mol. The second-order valence-corrected chi connectivity index (χ2v) is 4.86. The van der Waals surface area contributed by atoms with Crippen LogP contribution in [-0.2, 0) is 15.0 Å². The molecule has 1 saturated heterocycles. The topological polar surface area (TPSA) is 66.5 Å². The molecule has 1 atom stereocenters. The largest absolute Gasteiger partial charge is 0.340 e. The van der Waals surface area contributed by atoms with Gasteiger partial charge in [0.25, 0.3) is 0 Å². The molecule has 0 aromatic rings. The van der Waals surface area contributed by atoms with Crippen LogP contribution in [0.25, 0.3) is 0 Å². The van der Waals surface area contributed by atoms with Crippen molar-refractivity contribution in [1.29, 1.82) is 0 Å². The molecule has 1 aliphatic heterocycles. The first-order valence-corrected chi connectivity index (χ1v) is 5.75. The van der Waals surface area contributed by atoms with Gasteiger partial charge in [-0.25, -0.2) is 0 Å². The molecule has 1 aliphatic rings. The fourth-order valence-electron chi connectivity index (χ4n) is 1.39. The molecule has 1 fully saturated rings. The zero-order chi connectivity index (χ0) is 10.8. The summed E-state index contributed by atoms with van der Waals surface area (Å²) in [5, 5.41) is 1.66. The van der Waals surface area contributed by atoms with Crippen molar-refractivity contribution in [1.82, 2.24) is 10.2 Å². The summed E-state index contributed by atoms with van der Waals surface area (Å²) in [6, 6.07) is 0. The maximum Gasteiger partial charge on any atom is 0.307 e. The number of rotatable bonds is 4. The number of carbonyl (C=O) groups excluding carboxylic acids is 1. The van der Waals surface area contributed by atoms with Gasteiger partial charge < -0.3 is 10.2 Å². The van der Waals surface area contributed by atoms with E-state index in [4.69, 9.17) is 0 Å². The van der Waals surface area contributed by atoms with E-state index in [1.54, 1.807) is 7.05 Å². The minimum atomic E-state index is -4.58. The van der Waals surface area contributed by atoms with Crippen molar-refractivity contribution in [3.63, 3.8) is 0 Å². The van der Waals surface area contributed by atoms with Crippen LogP contribution >= 0.6 is 0 Å². The number of nitrogens with one attached hydrogen (secondary N) is 1. The van der Waals surface area contributed by atoms with Crippen LogP contribution in [0.15, 0.2) is 0 Å². The minimum absolute atomic E-state index is 0.0284. The third-order valence-electron chi connectivity index (χ3n) is 2.21. The summed E-state index contributed by atoms with van der Waals surface area (Å²) in [6.45, 7) is 0.964. The molecule has 82 valence electrons. The molecule has 0 radical (unpaired) electrons. The lowest BCUT2D eigenvalue weighted by Crippen LogP contribution is -2.33. The Bertz CT molecular complexity index is 317. The molecule has 1 amide bonds. The summed E-state index contributed by atoms with van der Waals surface area (Å²) in [5.41, 5.74) is 0. The van der Waals surface area contributed by atoms with Gasteiger partial charge in [-0.1, -0.05) is 0 Å². The van der Waals surface area contributed by atoms with Crippen LogP contribution in [0.4, 0.5) is 3.89 Å². The Kier molecular flexibility index (Phi) is 3.43. The van der Waals surface area contributed by atoms with Crippen molar-refractivity contribution in [3.8, 4) is 0 Å². The van der Waals surface area contributed by atoms with Crippen molar-refractivity contribution >= 4 is 16.1 Å². The second kappa shape index (κ2) is 4.22. The van der Waals surface area contributed by atoms with Gasteiger partial charge in [0.1, 0.15) is 5.25 Å². The van der Waals surface area contributed by atoms with Crippen molar-refractivity contribution < 1.29 is 17.1 Å². The summed E-state index contributed by atoms with van der Waals surface area (Å²) in [5.74, 6) is -0.300. The molecule has 0 bridgehead atoms. The van der Waals surface area contributed by atoms with E-state index in [-0.39, 0.29) is 18.9 Å². The van der Waals surface area contributed by atoms with E-state index in [9.17, 15) is 17.1 Å². The molecule has 0 aromatic carbocycles. The first-order valence-electron chi connectivity index (χ1n) is 4.31. The number of hydrogen-bond acceptors (Lipinski definition) is 4. The SMILES string of the molecule is CNCCN1CC(S(=O)(=O)F)CC1=O. The van der Waals surface area contributed by atoms with E-state index >= 15 is 0 Å². The summed E-state index contributed by atoms with van der Waals surface area (Å²) < 4.78 is 33.6. The number of carbonyl (C=O) groups is 1. The first-order chi connectivity index (χ1) is 6.45. The van der Waals surface area contributed by atoms with Crippen molar-refractivity contribution in [2.45, 2.75) is 11.7 Å². The van der Waals surface area contributed by atoms with Gasteiger partial charge in [-0.2, -0.15) is 8.42 Å². The Balaban J connectivity index is 2.56. The van der Waals surface area contributed by atoms with E-state index < -0.39 is 15.5 Å². The number of halogens is 1. The molecule has 14 heavy (non-hydrogen) atoms. The molecule has 1 heterocycles. The van der Waals surface area contributed by atoms with Gasteiger partial charge in [0.2, 0.25) is 5.91 Å². The fourth-order valence-corrected chi connectivity index (χ4v) is 2.09. The van der Waals surface area contributed by atoms with Crippen molar-refractivity contribution in [2.24, 2.45) is 0 Å². The quantitative estimate of drug-likeness (QED) is 0.629. The van der Waals surface area contributed by atoms with Gasteiger partial charge in [-0.05, 0) is 7.05 Å². The highest BCUT2D eigenvalue weighted by atomic mass is 32.3. The van der Waals surface area contributed by atoms with Crippen LogP contribution in [-0.4, -0.2) is 51.2 Å². The van der Waals surface area contributed by atoms with Crippen molar-refractivity contribution in [2.75, 3.05) is 26.7 Å². The van der Waals surface area contributed by atoms with E-state index in [1.165, 1.54) is 4.90 Å². The van der Waals surface area contributed by atoms with Gasteiger partial charge in [0.05, 0.1) is 0 Å². The Morgan fingerprint density at radius 2 is 2.29 bits per heavy atom. The Morgan fingerprint density at radius 1 is 1.64 bits per heavy atom. The average Bonchev–Trinajstić information content (AvgIpc) is 2.43. The molecular formula is C7H13FN2O3S. The van der Waals surface area contributed by atoms with E-state index in [1.807, 2.05) is 0 Å². The number of amides is 1. The standard InChI is InChI=1S/C7H13FN2O3S/c1-9-2-3-10-5-6(4-7(10)11)14(8,12)13/h6,9H,2-5H2,1H3. The molecule has 0 aliphatic carbocycles. The first kappa shape index (κ1) is 11.4. The lowest BCUT2D eigenvalue weighted by Gasteiger charge is -2.14. The van der Waals surface area contributed by atoms with Crippen LogP contribution in [0.1, 0.15) is 6.42 Å². The predicted octanol–water partition coefficient (Wildman–Crippen LogP) is -0.894. The predicted molar refractivity (Wildman–Crippen MR) is 48.9 cm³/mol. The molecule has 0 aromatic heterocycles. The molecule has 7 heteroatoms. The van der Waals surface area contributed by atoms with Crippen LogP contribution in [0.2, 0.25) is 0 Å². The van der Waals surface area contributed by atoms with Gasteiger partial charge in [-0.3, -0.25) is 4.79 Å². The van der Waals surface area contributed by atoms with Crippen LogP contribution in [0.5, 0.6) is 0 Å². The zero-order valence-corrected chi connectivity index (χ0v) is 8.68. The van der Waals surface area contributed by atoms with E-state index in [0.29, 0.717) is 13.1 Å². The molecule has 5 nitrogen and oxygen atoms in total. The highest BCUT2D eigenvalue weighted by molar-refractivity contribution is 7.87. The summed E-state index contributed by atoms with van der Waals surface area (Å²) in [6.07, 6.45) is -0.234. The van der Waals surface area contributed by atoms with E-state index in [2.05, 4.69) is 5.32 Å². The summed E-state index contributed by atoms with van der Waals surface area (Å²) >= 11 is 0. The molecule has 0 spiro atoms. The molecular weight excluding hydrogens is 211 g/mol. The number of likely N-dealkylation sites (tertiary alicyclic amines) is 1. The number of likely N-dealkylation sites (N-methyl/N-ethyl adjacent to an activating group) is 1. The van der Waals surface area contributed by atoms with Gasteiger partial charge >= 0.3 is 10.2 Å². The molecule has 0 saturated carbocycles. The third kappa shape index (κ3) is 2.65. The highest BCUT2D eigenvalue weighted by Crippen LogP contribution is 2.18. The van der Waals surface area contributed by atoms with Crippen LogP contribution in [0, 0.1) is 0 Å². The maximum absolute atomic E-state index is 12.5. The van der Waals surface area contributed by atoms with Gasteiger partial charge in [-0.15, -0.1) is 3.89 Å². The number of hydrogen-bond donors (Lipinski definition) is 1. The van der Waals surface area contributed by atoms with Crippen LogP contribution in [0.3, 0.4) is 0 Å². The fraction of sp³-hybridized carbons (Fsp3) is 0.857. The monoisotopic (exact) mass is 224 g/mol. The molecule has 1 N–H and O–H groups in total. The lowest BCUT2D eigenvalue weighted by atomic mass is 10.4. The highest BCUT2D eigenvalue weighted by Gasteiger charge is 2.37. The molecule has 1 rings (SSSR count). The molecule has 1 unspecified atom stereocenters. The van der Waals surface area contributed by atoms with Crippen molar-refractivity contribution in [3.05, 3.63) is 0 Å². The Labute approximate surface area is 82.5 Å². The normalized spacial score (nSPS) is 23.1. The summed E-state index contributed by atoms with van der Waals surface area (Å²) in [7, 11) is -2.85. The maximum atomic E-state index is 12.5. The van der Waals surface area contributed by atoms with Gasteiger partial charge in [0, 0.05) is 26.1 Å². The summed E-state index contributed by atoms with van der Waals surface area (Å²) in [4.78, 5) is 12.6. The minimum Gasteiger partial charge on any atom is -0.340 e. The Morgan fingerprint density at radius 3 is 2.71 bits per heavy atom. The third-order valence-corrected chi connectivity index (χ3v) is 3.32. The zero-order valence-electron chi connectivity index (χ0n) is 7.86. The van der Waals surface area contributed by atoms with Gasteiger partial charge in [0.15, 0.2) is 0 Å². The van der Waals surface area contributed by atoms with E-state index in [0.717, 1.165) is 0 Å². The second-order valence-electron chi connectivity index (χ2n) is 3.25. The Hall–Kier alpha value is -0.690. The smallest absolute Gasteiger partial charge is 0.307 e. The van der Waals surface area contributed by atoms with Crippen LogP contribution < -0.4 is 5.32 Å². The lowest BCUT2D eigenvalue weighted by molar-refractivity contribution is -0.127. The number of nitrogens with zero attached hydrogens (tertiary/aromatic N) is 1.